The summed E-state index contributed by atoms with van der Waals surface area (Å²) in [6.45, 7) is 8.78. The van der Waals surface area contributed by atoms with E-state index in [0.717, 1.165) is 36.3 Å². The second-order valence-corrected chi connectivity index (χ2v) is 6.70. The number of amides is 1. The minimum absolute atomic E-state index is 0.0164. The molecule has 1 heterocycles. The first-order valence-corrected chi connectivity index (χ1v) is 9.69. The Morgan fingerprint density at radius 1 is 0.963 bits per heavy atom. The van der Waals surface area contributed by atoms with E-state index in [-0.39, 0.29) is 5.91 Å². The van der Waals surface area contributed by atoms with Crippen LogP contribution in [0.5, 0.6) is 0 Å². The normalized spacial score (nSPS) is 14.3. The molecule has 0 unspecified atom stereocenters. The van der Waals surface area contributed by atoms with Crippen LogP contribution in [0.3, 0.4) is 0 Å². The minimum atomic E-state index is -0.0164. The molecule has 0 fully saturated rings. The van der Waals surface area contributed by atoms with Crippen LogP contribution >= 0.6 is 0 Å². The first-order valence-electron chi connectivity index (χ1n) is 9.69. The number of nitrogens with zero attached hydrogens (tertiary/aromatic N) is 2. The van der Waals surface area contributed by atoms with Gasteiger partial charge in [0.1, 0.15) is 6.61 Å². The monoisotopic (exact) mass is 364 g/mol. The lowest BCUT2D eigenvalue weighted by atomic mass is 10.1. The van der Waals surface area contributed by atoms with Crippen LogP contribution in [0.15, 0.2) is 66.4 Å². The van der Waals surface area contributed by atoms with E-state index >= 15 is 0 Å². The van der Waals surface area contributed by atoms with Gasteiger partial charge in [-0.3, -0.25) is 4.79 Å². The van der Waals surface area contributed by atoms with Crippen molar-refractivity contribution in [1.29, 1.82) is 0 Å². The number of carbonyl (C=O) groups excluding carboxylic acids is 1. The zero-order chi connectivity index (χ0) is 19.1. The first kappa shape index (κ1) is 19.2. The lowest BCUT2D eigenvalue weighted by Crippen LogP contribution is -2.29. The molecule has 0 aromatic heterocycles. The second-order valence-electron chi connectivity index (χ2n) is 6.70. The molecule has 4 nitrogen and oxygen atoms in total. The van der Waals surface area contributed by atoms with E-state index in [1.54, 1.807) is 0 Å². The molecule has 0 bridgehead atoms. The Balaban J connectivity index is 1.76. The van der Waals surface area contributed by atoms with Crippen molar-refractivity contribution in [3.05, 3.63) is 77.5 Å². The van der Waals surface area contributed by atoms with E-state index in [1.807, 2.05) is 53.4 Å². The molecule has 1 aliphatic heterocycles. The molecule has 0 saturated heterocycles. The van der Waals surface area contributed by atoms with E-state index in [4.69, 9.17) is 4.74 Å². The standard InChI is InChI=1S/C23H28N2O2/c1-3-24(4-2)15-16-27-22-21(20-13-9-6-10-14-20)18-25(23(22)26)17-19-11-7-5-8-12-19/h5-14H,3-4,15-18H2,1-2H3. The van der Waals surface area contributed by atoms with Crippen LogP contribution in [0, 0.1) is 0 Å². The Morgan fingerprint density at radius 3 is 2.22 bits per heavy atom. The topological polar surface area (TPSA) is 32.8 Å². The Morgan fingerprint density at radius 2 is 1.59 bits per heavy atom. The quantitative estimate of drug-likeness (QED) is 0.678. The fraction of sp³-hybridized carbons (Fsp3) is 0.348. The summed E-state index contributed by atoms with van der Waals surface area (Å²) in [5.74, 6) is 0.488. The molecule has 0 saturated carbocycles. The van der Waals surface area contributed by atoms with Gasteiger partial charge in [-0.05, 0) is 24.2 Å². The average molecular weight is 364 g/mol. The summed E-state index contributed by atoms with van der Waals surface area (Å²) in [6.07, 6.45) is 0. The van der Waals surface area contributed by atoms with Gasteiger partial charge in [-0.25, -0.2) is 0 Å². The maximum atomic E-state index is 13.0. The van der Waals surface area contributed by atoms with E-state index in [9.17, 15) is 4.79 Å². The zero-order valence-electron chi connectivity index (χ0n) is 16.2. The van der Waals surface area contributed by atoms with Gasteiger partial charge in [-0.1, -0.05) is 74.5 Å². The van der Waals surface area contributed by atoms with Gasteiger partial charge in [0.05, 0.1) is 6.54 Å². The second kappa shape index (κ2) is 9.38. The third-order valence-corrected chi connectivity index (χ3v) is 4.99. The van der Waals surface area contributed by atoms with Crippen molar-refractivity contribution >= 4 is 11.5 Å². The van der Waals surface area contributed by atoms with Crippen LogP contribution in [-0.4, -0.2) is 48.5 Å². The molecular weight excluding hydrogens is 336 g/mol. The number of benzene rings is 2. The highest BCUT2D eigenvalue weighted by molar-refractivity contribution is 6.04. The first-order chi connectivity index (χ1) is 13.2. The van der Waals surface area contributed by atoms with Gasteiger partial charge < -0.3 is 14.5 Å². The summed E-state index contributed by atoms with van der Waals surface area (Å²) in [5.41, 5.74) is 3.16. The summed E-state index contributed by atoms with van der Waals surface area (Å²) in [4.78, 5) is 17.2. The van der Waals surface area contributed by atoms with Crippen molar-refractivity contribution in [2.45, 2.75) is 20.4 Å². The molecule has 2 aromatic carbocycles. The molecule has 0 aliphatic carbocycles. The molecule has 0 atom stereocenters. The van der Waals surface area contributed by atoms with Crippen molar-refractivity contribution in [3.63, 3.8) is 0 Å². The molecule has 3 rings (SSSR count). The molecular formula is C23H28N2O2. The molecule has 1 aliphatic rings. The van der Waals surface area contributed by atoms with Gasteiger partial charge in [0.15, 0.2) is 5.76 Å². The fourth-order valence-electron chi connectivity index (χ4n) is 3.37. The Kier molecular flexibility index (Phi) is 6.66. The van der Waals surface area contributed by atoms with Crippen molar-refractivity contribution in [3.8, 4) is 0 Å². The van der Waals surface area contributed by atoms with Gasteiger partial charge in [-0.15, -0.1) is 0 Å². The molecule has 27 heavy (non-hydrogen) atoms. The van der Waals surface area contributed by atoms with Crippen molar-refractivity contribution in [2.24, 2.45) is 0 Å². The van der Waals surface area contributed by atoms with Crippen LogP contribution in [0.4, 0.5) is 0 Å². The molecule has 0 spiro atoms. The van der Waals surface area contributed by atoms with E-state index in [2.05, 4.69) is 30.9 Å². The van der Waals surface area contributed by atoms with Gasteiger partial charge in [-0.2, -0.15) is 0 Å². The van der Waals surface area contributed by atoms with Crippen molar-refractivity contribution in [1.82, 2.24) is 9.80 Å². The molecule has 1 amide bonds. The van der Waals surface area contributed by atoms with E-state index in [0.29, 0.717) is 25.5 Å². The molecule has 0 radical (unpaired) electrons. The van der Waals surface area contributed by atoms with E-state index < -0.39 is 0 Å². The van der Waals surface area contributed by atoms with Gasteiger partial charge in [0.2, 0.25) is 0 Å². The Labute approximate surface area is 162 Å². The van der Waals surface area contributed by atoms with Crippen molar-refractivity contribution in [2.75, 3.05) is 32.8 Å². The summed E-state index contributed by atoms with van der Waals surface area (Å²) >= 11 is 0. The predicted molar refractivity (Wildman–Crippen MR) is 109 cm³/mol. The predicted octanol–water partition coefficient (Wildman–Crippen LogP) is 3.80. The minimum Gasteiger partial charge on any atom is -0.486 e. The number of hydrogen-bond acceptors (Lipinski definition) is 3. The third-order valence-electron chi connectivity index (χ3n) is 4.99. The molecule has 0 N–H and O–H groups in total. The van der Waals surface area contributed by atoms with Gasteiger partial charge in [0.25, 0.3) is 5.91 Å². The van der Waals surface area contributed by atoms with Gasteiger partial charge in [0, 0.05) is 18.7 Å². The fourth-order valence-corrected chi connectivity index (χ4v) is 3.37. The van der Waals surface area contributed by atoms with Crippen LogP contribution in [0.1, 0.15) is 25.0 Å². The highest BCUT2D eigenvalue weighted by Crippen LogP contribution is 2.29. The Hall–Kier alpha value is -2.59. The third kappa shape index (κ3) is 4.77. The summed E-state index contributed by atoms with van der Waals surface area (Å²) in [5, 5.41) is 0. The zero-order valence-corrected chi connectivity index (χ0v) is 16.2. The maximum absolute atomic E-state index is 13.0. The van der Waals surface area contributed by atoms with E-state index in [1.165, 1.54) is 0 Å². The van der Waals surface area contributed by atoms with Crippen molar-refractivity contribution < 1.29 is 9.53 Å². The molecule has 142 valence electrons. The smallest absolute Gasteiger partial charge is 0.289 e. The summed E-state index contributed by atoms with van der Waals surface area (Å²) in [7, 11) is 0. The average Bonchev–Trinajstić information content (AvgIpc) is 3.02. The lowest BCUT2D eigenvalue weighted by Gasteiger charge is -2.19. The lowest BCUT2D eigenvalue weighted by molar-refractivity contribution is -0.129. The Bertz CT molecular complexity index is 767. The highest BCUT2D eigenvalue weighted by Gasteiger charge is 2.32. The summed E-state index contributed by atoms with van der Waals surface area (Å²) < 4.78 is 6.03. The maximum Gasteiger partial charge on any atom is 0.289 e. The number of carbonyl (C=O) groups is 1. The highest BCUT2D eigenvalue weighted by atomic mass is 16.5. The van der Waals surface area contributed by atoms with Crippen LogP contribution in [0.25, 0.3) is 5.57 Å². The molecule has 2 aromatic rings. The van der Waals surface area contributed by atoms with Crippen LogP contribution < -0.4 is 0 Å². The van der Waals surface area contributed by atoms with Gasteiger partial charge >= 0.3 is 0 Å². The largest absolute Gasteiger partial charge is 0.486 e. The SMILES string of the molecule is CCN(CC)CCOC1=C(c2ccccc2)CN(Cc2ccccc2)C1=O. The number of likely N-dealkylation sites (N-methyl/N-ethyl adjacent to an activating group) is 1. The summed E-state index contributed by atoms with van der Waals surface area (Å²) in [6, 6.07) is 20.2. The van der Waals surface area contributed by atoms with Crippen LogP contribution in [-0.2, 0) is 16.1 Å². The number of ether oxygens (including phenoxy) is 1. The number of rotatable bonds is 9. The number of hydrogen-bond donors (Lipinski definition) is 0. The molecule has 4 heteroatoms. The van der Waals surface area contributed by atoms with Crippen LogP contribution in [0.2, 0.25) is 0 Å².